The Bertz CT molecular complexity index is 869. The molecule has 3 aromatic rings. The molecule has 1 aliphatic heterocycles. The Morgan fingerprint density at radius 1 is 1.33 bits per heavy atom. The van der Waals surface area contributed by atoms with Crippen molar-refractivity contribution in [1.29, 1.82) is 0 Å². The highest BCUT2D eigenvalue weighted by molar-refractivity contribution is 5.95. The van der Waals surface area contributed by atoms with Crippen LogP contribution in [0.4, 0.5) is 0 Å². The van der Waals surface area contributed by atoms with Crippen LogP contribution in [0.2, 0.25) is 0 Å². The van der Waals surface area contributed by atoms with Crippen LogP contribution in [0.25, 0.3) is 5.52 Å². The third-order valence-corrected chi connectivity index (χ3v) is 4.52. The van der Waals surface area contributed by atoms with E-state index in [-0.39, 0.29) is 11.9 Å². The zero-order valence-corrected chi connectivity index (χ0v) is 13.6. The van der Waals surface area contributed by atoms with Crippen LogP contribution in [-0.4, -0.2) is 36.9 Å². The van der Waals surface area contributed by atoms with Crippen LogP contribution in [0.1, 0.15) is 53.8 Å². The minimum Gasteiger partial charge on any atom is -0.340 e. The molecule has 124 valence electrons. The van der Waals surface area contributed by atoms with E-state index < -0.39 is 0 Å². The Hall–Kier alpha value is -2.70. The van der Waals surface area contributed by atoms with Crippen LogP contribution in [0.3, 0.4) is 0 Å². The average molecular weight is 325 g/mol. The third-order valence-electron chi connectivity index (χ3n) is 4.52. The van der Waals surface area contributed by atoms with Gasteiger partial charge in [0.1, 0.15) is 0 Å². The Labute approximate surface area is 139 Å². The summed E-state index contributed by atoms with van der Waals surface area (Å²) < 4.78 is 7.02. The zero-order valence-electron chi connectivity index (χ0n) is 13.6. The molecule has 3 aromatic heterocycles. The molecule has 0 N–H and O–H groups in total. The van der Waals surface area contributed by atoms with E-state index in [1.165, 1.54) is 0 Å². The second kappa shape index (κ2) is 6.07. The van der Waals surface area contributed by atoms with Crippen LogP contribution in [0.5, 0.6) is 0 Å². The maximum absolute atomic E-state index is 13.1. The second-order valence-corrected chi connectivity index (χ2v) is 6.18. The minimum atomic E-state index is -0.126. The van der Waals surface area contributed by atoms with Gasteiger partial charge in [0.25, 0.3) is 5.91 Å². The van der Waals surface area contributed by atoms with Crippen LogP contribution >= 0.6 is 0 Å². The second-order valence-electron chi connectivity index (χ2n) is 6.18. The number of nitrogens with zero attached hydrogens (tertiary/aromatic N) is 5. The molecule has 4 heterocycles. The maximum atomic E-state index is 13.1. The molecule has 1 aliphatic rings. The summed E-state index contributed by atoms with van der Waals surface area (Å²) in [5, 5.41) is 4.05. The van der Waals surface area contributed by atoms with Crippen molar-refractivity contribution in [2.75, 3.05) is 6.54 Å². The van der Waals surface area contributed by atoms with Crippen molar-refractivity contribution in [3.63, 3.8) is 0 Å². The maximum Gasteiger partial charge on any atom is 0.254 e. The molecule has 0 aromatic carbocycles. The highest BCUT2D eigenvalue weighted by Gasteiger charge is 2.30. The molecule has 4 rings (SSSR count). The summed E-state index contributed by atoms with van der Waals surface area (Å²) in [4.78, 5) is 23.5. The molecule has 24 heavy (non-hydrogen) atoms. The number of carbonyl (C=O) groups excluding carboxylic acids is 1. The van der Waals surface area contributed by atoms with Crippen LogP contribution < -0.4 is 0 Å². The van der Waals surface area contributed by atoms with Gasteiger partial charge in [-0.25, -0.2) is 4.98 Å². The average Bonchev–Trinajstić information content (AvgIpc) is 3.16. The highest BCUT2D eigenvalue weighted by Crippen LogP contribution is 2.30. The number of fused-ring (bicyclic) bond motifs is 1. The van der Waals surface area contributed by atoms with Gasteiger partial charge in [0, 0.05) is 25.2 Å². The van der Waals surface area contributed by atoms with Gasteiger partial charge in [-0.05, 0) is 25.0 Å². The first-order valence-electron chi connectivity index (χ1n) is 8.25. The van der Waals surface area contributed by atoms with Crippen molar-refractivity contribution < 1.29 is 9.32 Å². The molecule has 1 fully saturated rings. The molecule has 0 radical (unpaired) electrons. The predicted molar refractivity (Wildman–Crippen MR) is 86.5 cm³/mol. The molecule has 0 aliphatic carbocycles. The van der Waals surface area contributed by atoms with Crippen molar-refractivity contribution in [3.05, 3.63) is 48.1 Å². The summed E-state index contributed by atoms with van der Waals surface area (Å²) in [5.41, 5.74) is 1.57. The lowest BCUT2D eigenvalue weighted by atomic mass is 10.1. The Morgan fingerprint density at radius 3 is 3.08 bits per heavy atom. The standard InChI is InChI=1S/C17H19N5O2/c1-12-19-16(20-24-12)15-5-3-2-4-7-22(15)17(23)13-6-8-21-11-18-10-14(21)9-13/h6,8-11,15H,2-5,7H2,1H3/t15-/m0/s1. The lowest BCUT2D eigenvalue weighted by Gasteiger charge is -2.28. The smallest absolute Gasteiger partial charge is 0.254 e. The molecule has 7 nitrogen and oxygen atoms in total. The summed E-state index contributed by atoms with van der Waals surface area (Å²) >= 11 is 0. The van der Waals surface area contributed by atoms with Gasteiger partial charge in [0.15, 0.2) is 5.82 Å². The SMILES string of the molecule is Cc1nc([C@@H]2CCCCCN2C(=O)c2ccn3cncc3c2)no1. The van der Waals surface area contributed by atoms with Gasteiger partial charge in [0.2, 0.25) is 5.89 Å². The molecule has 1 amide bonds. The van der Waals surface area contributed by atoms with Crippen LogP contribution in [0.15, 0.2) is 35.4 Å². The fourth-order valence-corrected chi connectivity index (χ4v) is 3.29. The van der Waals surface area contributed by atoms with Gasteiger partial charge in [-0.1, -0.05) is 18.0 Å². The topological polar surface area (TPSA) is 76.5 Å². The summed E-state index contributed by atoms with van der Waals surface area (Å²) in [7, 11) is 0. The number of likely N-dealkylation sites (tertiary alicyclic amines) is 1. The zero-order chi connectivity index (χ0) is 16.5. The quantitative estimate of drug-likeness (QED) is 0.724. The van der Waals surface area contributed by atoms with E-state index >= 15 is 0 Å². The molecule has 0 saturated carbocycles. The predicted octanol–water partition coefficient (Wildman–Crippen LogP) is 2.78. The van der Waals surface area contributed by atoms with Gasteiger partial charge < -0.3 is 13.8 Å². The molecule has 0 spiro atoms. The van der Waals surface area contributed by atoms with Crippen molar-refractivity contribution >= 4 is 11.4 Å². The van der Waals surface area contributed by atoms with E-state index in [0.717, 1.165) is 31.2 Å². The van der Waals surface area contributed by atoms with Crippen molar-refractivity contribution in [2.24, 2.45) is 0 Å². The Balaban J connectivity index is 1.68. The molecule has 1 atom stereocenters. The molecular formula is C17H19N5O2. The van der Waals surface area contributed by atoms with E-state index in [4.69, 9.17) is 4.52 Å². The van der Waals surface area contributed by atoms with E-state index in [1.807, 2.05) is 27.6 Å². The van der Waals surface area contributed by atoms with E-state index in [1.54, 1.807) is 19.4 Å². The number of imidazole rings is 1. The lowest BCUT2D eigenvalue weighted by Crippen LogP contribution is -2.35. The summed E-state index contributed by atoms with van der Waals surface area (Å²) in [6.07, 6.45) is 9.36. The number of rotatable bonds is 2. The highest BCUT2D eigenvalue weighted by atomic mass is 16.5. The number of aryl methyl sites for hydroxylation is 1. The molecule has 0 unspecified atom stereocenters. The lowest BCUT2D eigenvalue weighted by molar-refractivity contribution is 0.0670. The van der Waals surface area contributed by atoms with Crippen molar-refractivity contribution in [2.45, 2.75) is 38.6 Å². The van der Waals surface area contributed by atoms with E-state index in [0.29, 0.717) is 23.8 Å². The number of hydrogen-bond donors (Lipinski definition) is 0. The van der Waals surface area contributed by atoms with Gasteiger partial charge in [-0.3, -0.25) is 4.79 Å². The van der Waals surface area contributed by atoms with Gasteiger partial charge >= 0.3 is 0 Å². The molecule has 7 heteroatoms. The van der Waals surface area contributed by atoms with E-state index in [2.05, 4.69) is 15.1 Å². The fraction of sp³-hybridized carbons (Fsp3) is 0.412. The Morgan fingerprint density at radius 2 is 2.25 bits per heavy atom. The number of pyridine rings is 1. The Kier molecular flexibility index (Phi) is 3.76. The first-order chi connectivity index (χ1) is 11.7. The van der Waals surface area contributed by atoms with Gasteiger partial charge in [-0.15, -0.1) is 0 Å². The third kappa shape index (κ3) is 2.66. The number of aromatic nitrogens is 4. The van der Waals surface area contributed by atoms with Crippen LogP contribution in [-0.2, 0) is 0 Å². The van der Waals surface area contributed by atoms with E-state index in [9.17, 15) is 4.79 Å². The number of amides is 1. The first kappa shape index (κ1) is 14.9. The van der Waals surface area contributed by atoms with Gasteiger partial charge in [-0.2, -0.15) is 4.98 Å². The monoisotopic (exact) mass is 325 g/mol. The summed E-state index contributed by atoms with van der Waals surface area (Å²) in [6.45, 7) is 2.48. The molecule has 0 bridgehead atoms. The normalized spacial score (nSPS) is 18.7. The molecular weight excluding hydrogens is 306 g/mol. The van der Waals surface area contributed by atoms with Gasteiger partial charge in [0.05, 0.1) is 24.1 Å². The largest absolute Gasteiger partial charge is 0.340 e. The first-order valence-corrected chi connectivity index (χ1v) is 8.25. The fourth-order valence-electron chi connectivity index (χ4n) is 3.29. The van der Waals surface area contributed by atoms with Crippen LogP contribution in [0, 0.1) is 6.92 Å². The minimum absolute atomic E-state index is 0.00746. The molecule has 1 saturated heterocycles. The van der Waals surface area contributed by atoms with Crippen molar-refractivity contribution in [3.8, 4) is 0 Å². The number of hydrogen-bond acceptors (Lipinski definition) is 5. The summed E-state index contributed by atoms with van der Waals surface area (Å²) in [6, 6.07) is 3.58. The number of carbonyl (C=O) groups is 1. The summed E-state index contributed by atoms with van der Waals surface area (Å²) in [5.74, 6) is 1.14. The van der Waals surface area contributed by atoms with Crippen molar-refractivity contribution in [1.82, 2.24) is 24.4 Å².